The summed E-state index contributed by atoms with van der Waals surface area (Å²) in [6.45, 7) is -0.413. The van der Waals surface area contributed by atoms with Crippen LogP contribution in [0.5, 0.6) is 11.5 Å². The Bertz CT molecular complexity index is 1460. The summed E-state index contributed by atoms with van der Waals surface area (Å²) in [7, 11) is -3.80. The number of ether oxygens (including phenoxy) is 1. The molecule has 0 heterocycles. The molecule has 0 saturated heterocycles. The zero-order valence-electron chi connectivity index (χ0n) is 20.0. The minimum absolute atomic E-state index is 0.273. The van der Waals surface area contributed by atoms with Crippen LogP contribution in [0, 0.1) is 0 Å². The Hall–Kier alpha value is -3.46. The van der Waals surface area contributed by atoms with E-state index in [1.54, 1.807) is 54.2 Å². The summed E-state index contributed by atoms with van der Waals surface area (Å²) in [5.74, 6) is 1.09. The lowest BCUT2D eigenvalue weighted by atomic mass is 10.2. The predicted octanol–water partition coefficient (Wildman–Crippen LogP) is 6.83. The van der Waals surface area contributed by atoms with Crippen molar-refractivity contribution in [2.45, 2.75) is 10.6 Å². The van der Waals surface area contributed by atoms with E-state index >= 15 is 0 Å². The lowest BCUT2D eigenvalue weighted by Gasteiger charge is -2.24. The number of hydrogen-bond donors (Lipinski definition) is 1. The van der Waals surface area contributed by atoms with Gasteiger partial charge in [-0.1, -0.05) is 66.2 Å². The standard InChI is InChI=1S/C28H25ClN2O4S2/c1-37(33,34)31(25-12-6-7-13-26(25)35-23-9-3-2-4-10-23)19-28(32)30-24-11-5-8-14-27(24)36-20-21-15-17-22(29)18-16-21/h2-18H,19-20H2,1H3,(H,30,32). The van der Waals surface area contributed by atoms with E-state index in [9.17, 15) is 13.2 Å². The molecule has 0 unspecified atom stereocenters. The molecule has 0 aliphatic rings. The number of hydrogen-bond acceptors (Lipinski definition) is 5. The number of halogens is 1. The first kappa shape index (κ1) is 26.6. The largest absolute Gasteiger partial charge is 0.455 e. The molecule has 0 aliphatic heterocycles. The molecule has 190 valence electrons. The van der Waals surface area contributed by atoms with Gasteiger partial charge in [0.15, 0.2) is 5.75 Å². The maximum atomic E-state index is 13.1. The second-order valence-electron chi connectivity index (χ2n) is 8.11. The van der Waals surface area contributed by atoms with Crippen LogP contribution in [-0.4, -0.2) is 27.1 Å². The van der Waals surface area contributed by atoms with Crippen LogP contribution < -0.4 is 14.4 Å². The summed E-state index contributed by atoms with van der Waals surface area (Å²) < 4.78 is 32.5. The van der Waals surface area contributed by atoms with Gasteiger partial charge in [-0.25, -0.2) is 8.42 Å². The first-order valence-electron chi connectivity index (χ1n) is 11.4. The summed E-state index contributed by atoms with van der Waals surface area (Å²) in [6, 6.07) is 30.8. The number of para-hydroxylation sites is 4. The Morgan fingerprint density at radius 3 is 2.27 bits per heavy atom. The predicted molar refractivity (Wildman–Crippen MR) is 151 cm³/mol. The number of nitrogens with zero attached hydrogens (tertiary/aromatic N) is 1. The molecule has 0 radical (unpaired) electrons. The zero-order chi connectivity index (χ0) is 26.3. The molecule has 4 rings (SSSR count). The van der Waals surface area contributed by atoms with E-state index in [-0.39, 0.29) is 5.69 Å². The van der Waals surface area contributed by atoms with Crippen molar-refractivity contribution >= 4 is 50.7 Å². The third-order valence-electron chi connectivity index (χ3n) is 5.26. The van der Waals surface area contributed by atoms with Crippen LogP contribution in [0.1, 0.15) is 5.56 Å². The number of anilines is 2. The minimum atomic E-state index is -3.80. The lowest BCUT2D eigenvalue weighted by molar-refractivity contribution is -0.114. The molecule has 6 nitrogen and oxygen atoms in total. The molecule has 0 aromatic heterocycles. The van der Waals surface area contributed by atoms with Gasteiger partial charge in [-0.2, -0.15) is 0 Å². The summed E-state index contributed by atoms with van der Waals surface area (Å²) in [5.41, 5.74) is 1.97. The van der Waals surface area contributed by atoms with Gasteiger partial charge in [0.2, 0.25) is 15.9 Å². The van der Waals surface area contributed by atoms with Gasteiger partial charge in [-0.05, 0) is 54.1 Å². The van der Waals surface area contributed by atoms with Crippen molar-refractivity contribution in [1.82, 2.24) is 0 Å². The second kappa shape index (κ2) is 12.2. The van der Waals surface area contributed by atoms with E-state index in [1.165, 1.54) is 0 Å². The Morgan fingerprint density at radius 1 is 0.892 bits per heavy atom. The molecule has 37 heavy (non-hydrogen) atoms. The van der Waals surface area contributed by atoms with Gasteiger partial charge >= 0.3 is 0 Å². The molecule has 4 aromatic carbocycles. The van der Waals surface area contributed by atoms with Crippen molar-refractivity contribution in [2.75, 3.05) is 22.4 Å². The molecule has 0 aliphatic carbocycles. The average Bonchev–Trinajstić information content (AvgIpc) is 2.88. The number of benzene rings is 4. The van der Waals surface area contributed by atoms with Crippen molar-refractivity contribution in [3.63, 3.8) is 0 Å². The molecule has 0 fully saturated rings. The highest BCUT2D eigenvalue weighted by Crippen LogP contribution is 2.34. The number of amides is 1. The van der Waals surface area contributed by atoms with Crippen LogP contribution >= 0.6 is 23.4 Å². The SMILES string of the molecule is CS(=O)(=O)N(CC(=O)Nc1ccccc1SCc1ccc(Cl)cc1)c1ccccc1Oc1ccccc1. The number of rotatable bonds is 10. The molecular formula is C28H25ClN2O4S2. The van der Waals surface area contributed by atoms with E-state index < -0.39 is 22.5 Å². The van der Waals surface area contributed by atoms with Gasteiger partial charge in [0.25, 0.3) is 0 Å². The van der Waals surface area contributed by atoms with Crippen LogP contribution in [0.15, 0.2) is 108 Å². The Balaban J connectivity index is 1.51. The third-order valence-corrected chi connectivity index (χ3v) is 7.78. The van der Waals surface area contributed by atoms with Crippen molar-refractivity contribution in [3.8, 4) is 11.5 Å². The second-order valence-corrected chi connectivity index (χ2v) is 11.5. The zero-order valence-corrected chi connectivity index (χ0v) is 22.4. The quantitative estimate of drug-likeness (QED) is 0.218. The first-order valence-corrected chi connectivity index (χ1v) is 14.6. The summed E-state index contributed by atoms with van der Waals surface area (Å²) in [5, 5.41) is 3.54. The van der Waals surface area contributed by atoms with Crippen LogP contribution in [0.3, 0.4) is 0 Å². The smallest absolute Gasteiger partial charge is 0.245 e. The molecule has 1 N–H and O–H groups in total. The number of carbonyl (C=O) groups is 1. The van der Waals surface area contributed by atoms with Crippen molar-refractivity contribution in [3.05, 3.63) is 114 Å². The number of thioether (sulfide) groups is 1. The van der Waals surface area contributed by atoms with E-state index in [4.69, 9.17) is 16.3 Å². The average molecular weight is 553 g/mol. The van der Waals surface area contributed by atoms with E-state index in [0.29, 0.717) is 28.0 Å². The number of carbonyl (C=O) groups excluding carboxylic acids is 1. The Kier molecular flexibility index (Phi) is 8.76. The highest BCUT2D eigenvalue weighted by atomic mass is 35.5. The van der Waals surface area contributed by atoms with Crippen LogP contribution in [0.2, 0.25) is 5.02 Å². The molecular weight excluding hydrogens is 528 g/mol. The van der Waals surface area contributed by atoms with Crippen LogP contribution in [0.25, 0.3) is 0 Å². The summed E-state index contributed by atoms with van der Waals surface area (Å²) >= 11 is 7.53. The fourth-order valence-electron chi connectivity index (χ4n) is 3.50. The maximum Gasteiger partial charge on any atom is 0.245 e. The van der Waals surface area contributed by atoms with Crippen molar-refractivity contribution in [1.29, 1.82) is 0 Å². The summed E-state index contributed by atoms with van der Waals surface area (Å²) in [4.78, 5) is 14.0. The molecule has 0 atom stereocenters. The maximum absolute atomic E-state index is 13.1. The fourth-order valence-corrected chi connectivity index (χ4v) is 5.45. The van der Waals surface area contributed by atoms with E-state index in [0.717, 1.165) is 21.0 Å². The minimum Gasteiger partial charge on any atom is -0.455 e. The third kappa shape index (κ3) is 7.52. The van der Waals surface area contributed by atoms with Gasteiger partial charge in [0, 0.05) is 15.7 Å². The first-order chi connectivity index (χ1) is 17.8. The Labute approximate surface area is 226 Å². The van der Waals surface area contributed by atoms with Crippen molar-refractivity contribution < 1.29 is 17.9 Å². The van der Waals surface area contributed by atoms with Gasteiger partial charge in [-0.3, -0.25) is 9.10 Å². The van der Waals surface area contributed by atoms with E-state index in [2.05, 4.69) is 5.32 Å². The highest BCUT2D eigenvalue weighted by Gasteiger charge is 2.24. The monoisotopic (exact) mass is 552 g/mol. The van der Waals surface area contributed by atoms with Gasteiger partial charge < -0.3 is 10.1 Å². The fraction of sp³-hybridized carbons (Fsp3) is 0.107. The topological polar surface area (TPSA) is 75.7 Å². The number of nitrogens with one attached hydrogen (secondary N) is 1. The molecule has 9 heteroatoms. The van der Waals surface area contributed by atoms with Gasteiger partial charge in [0.05, 0.1) is 17.6 Å². The van der Waals surface area contributed by atoms with E-state index in [1.807, 2.05) is 60.7 Å². The summed E-state index contributed by atoms with van der Waals surface area (Å²) in [6.07, 6.45) is 1.06. The number of sulfonamides is 1. The normalized spacial score (nSPS) is 11.1. The molecule has 1 amide bonds. The molecule has 0 spiro atoms. The molecule has 0 saturated carbocycles. The lowest BCUT2D eigenvalue weighted by Crippen LogP contribution is -2.37. The Morgan fingerprint density at radius 2 is 1.54 bits per heavy atom. The van der Waals surface area contributed by atoms with Crippen molar-refractivity contribution in [2.24, 2.45) is 0 Å². The van der Waals surface area contributed by atoms with Crippen LogP contribution in [-0.2, 0) is 20.6 Å². The molecule has 0 bridgehead atoms. The van der Waals surface area contributed by atoms with Gasteiger partial charge in [-0.15, -0.1) is 11.8 Å². The van der Waals surface area contributed by atoms with Crippen LogP contribution in [0.4, 0.5) is 11.4 Å². The van der Waals surface area contributed by atoms with Gasteiger partial charge in [0.1, 0.15) is 12.3 Å². The highest BCUT2D eigenvalue weighted by molar-refractivity contribution is 7.98. The molecule has 4 aromatic rings.